The fourth-order valence-electron chi connectivity index (χ4n) is 2.45. The van der Waals surface area contributed by atoms with Crippen LogP contribution in [0.15, 0.2) is 60.0 Å². The van der Waals surface area contributed by atoms with Gasteiger partial charge in [0.2, 0.25) is 5.91 Å². The standard InChI is InChI=1S/C19H19FN4OS/c1-13-5-3-4-6-17(13)24-12-22-23-19(24)26-14(2)18(25)21-11-15-7-9-16(20)10-8-15/h3-10,12,14H,11H2,1-2H3,(H,21,25). The molecule has 0 saturated heterocycles. The van der Waals surface area contributed by atoms with Crippen LogP contribution in [0.2, 0.25) is 0 Å². The van der Waals surface area contributed by atoms with Crippen molar-refractivity contribution in [2.24, 2.45) is 0 Å². The highest BCUT2D eigenvalue weighted by Crippen LogP contribution is 2.25. The molecule has 26 heavy (non-hydrogen) atoms. The maximum absolute atomic E-state index is 12.9. The molecule has 1 amide bonds. The Morgan fingerprint density at radius 1 is 1.23 bits per heavy atom. The summed E-state index contributed by atoms with van der Waals surface area (Å²) < 4.78 is 14.8. The SMILES string of the molecule is Cc1ccccc1-n1cnnc1SC(C)C(=O)NCc1ccc(F)cc1. The van der Waals surface area contributed by atoms with Crippen LogP contribution in [0, 0.1) is 12.7 Å². The fourth-order valence-corrected chi connectivity index (χ4v) is 3.31. The molecule has 1 aromatic heterocycles. The van der Waals surface area contributed by atoms with Crippen molar-refractivity contribution in [3.8, 4) is 5.69 Å². The predicted octanol–water partition coefficient (Wildman–Crippen LogP) is 3.51. The number of thioether (sulfide) groups is 1. The van der Waals surface area contributed by atoms with Crippen LogP contribution >= 0.6 is 11.8 Å². The molecule has 0 bridgehead atoms. The average molecular weight is 370 g/mol. The number of rotatable bonds is 6. The predicted molar refractivity (Wildman–Crippen MR) is 99.7 cm³/mol. The largest absolute Gasteiger partial charge is 0.351 e. The average Bonchev–Trinajstić information content (AvgIpc) is 3.09. The molecular weight excluding hydrogens is 351 g/mol. The van der Waals surface area contributed by atoms with Gasteiger partial charge in [-0.15, -0.1) is 10.2 Å². The number of amides is 1. The molecule has 0 aliphatic rings. The van der Waals surface area contributed by atoms with E-state index >= 15 is 0 Å². The van der Waals surface area contributed by atoms with Crippen LogP contribution < -0.4 is 5.32 Å². The van der Waals surface area contributed by atoms with Crippen LogP contribution in [0.1, 0.15) is 18.1 Å². The Hall–Kier alpha value is -2.67. The van der Waals surface area contributed by atoms with Gasteiger partial charge in [-0.1, -0.05) is 42.1 Å². The summed E-state index contributed by atoms with van der Waals surface area (Å²) in [4.78, 5) is 12.4. The third kappa shape index (κ3) is 4.29. The number of nitrogens with one attached hydrogen (secondary N) is 1. The van der Waals surface area contributed by atoms with E-state index in [0.29, 0.717) is 11.7 Å². The molecule has 0 aliphatic carbocycles. The molecule has 1 N–H and O–H groups in total. The van der Waals surface area contributed by atoms with E-state index in [2.05, 4.69) is 15.5 Å². The van der Waals surface area contributed by atoms with Crippen LogP contribution in [0.3, 0.4) is 0 Å². The van der Waals surface area contributed by atoms with Crippen molar-refractivity contribution in [3.05, 3.63) is 71.8 Å². The Balaban J connectivity index is 1.64. The van der Waals surface area contributed by atoms with Gasteiger partial charge in [0.15, 0.2) is 5.16 Å². The van der Waals surface area contributed by atoms with Gasteiger partial charge in [0.05, 0.1) is 10.9 Å². The van der Waals surface area contributed by atoms with Crippen molar-refractivity contribution in [1.82, 2.24) is 20.1 Å². The zero-order valence-electron chi connectivity index (χ0n) is 14.5. The number of para-hydroxylation sites is 1. The van der Waals surface area contributed by atoms with Gasteiger partial charge in [-0.05, 0) is 43.2 Å². The number of aromatic nitrogens is 3. The van der Waals surface area contributed by atoms with E-state index in [0.717, 1.165) is 16.8 Å². The summed E-state index contributed by atoms with van der Waals surface area (Å²) in [5.74, 6) is -0.404. The van der Waals surface area contributed by atoms with E-state index in [4.69, 9.17) is 0 Å². The molecule has 3 aromatic rings. The number of benzene rings is 2. The van der Waals surface area contributed by atoms with E-state index in [1.54, 1.807) is 18.5 Å². The Labute approximate surface area is 155 Å². The first-order valence-corrected chi connectivity index (χ1v) is 9.07. The summed E-state index contributed by atoms with van der Waals surface area (Å²) in [5.41, 5.74) is 2.93. The summed E-state index contributed by atoms with van der Waals surface area (Å²) in [6.45, 7) is 4.19. The Bertz CT molecular complexity index is 895. The second-order valence-electron chi connectivity index (χ2n) is 5.87. The second-order valence-corrected chi connectivity index (χ2v) is 7.18. The van der Waals surface area contributed by atoms with Crippen molar-refractivity contribution < 1.29 is 9.18 Å². The first-order valence-electron chi connectivity index (χ1n) is 8.19. The molecule has 0 radical (unpaired) electrons. The topological polar surface area (TPSA) is 59.8 Å². The molecule has 0 aliphatic heterocycles. The number of nitrogens with zero attached hydrogens (tertiary/aromatic N) is 3. The number of hydrogen-bond donors (Lipinski definition) is 1. The van der Waals surface area contributed by atoms with Crippen LogP contribution in [0.5, 0.6) is 0 Å². The highest BCUT2D eigenvalue weighted by atomic mass is 32.2. The van der Waals surface area contributed by atoms with Crippen LogP contribution in [-0.4, -0.2) is 25.9 Å². The molecule has 3 rings (SSSR count). The lowest BCUT2D eigenvalue weighted by molar-refractivity contribution is -0.120. The number of aryl methyl sites for hydroxylation is 1. The van der Waals surface area contributed by atoms with Crippen molar-refractivity contribution in [2.75, 3.05) is 0 Å². The fraction of sp³-hybridized carbons (Fsp3) is 0.211. The van der Waals surface area contributed by atoms with E-state index < -0.39 is 0 Å². The van der Waals surface area contributed by atoms with Gasteiger partial charge in [0.1, 0.15) is 12.1 Å². The lowest BCUT2D eigenvalue weighted by atomic mass is 10.2. The third-order valence-electron chi connectivity index (χ3n) is 3.92. The normalized spacial score (nSPS) is 12.0. The molecule has 1 heterocycles. The van der Waals surface area contributed by atoms with E-state index in [1.807, 2.05) is 42.7 Å². The van der Waals surface area contributed by atoms with Gasteiger partial charge in [0, 0.05) is 6.54 Å². The van der Waals surface area contributed by atoms with Crippen molar-refractivity contribution >= 4 is 17.7 Å². The number of carbonyl (C=O) groups excluding carboxylic acids is 1. The monoisotopic (exact) mass is 370 g/mol. The minimum atomic E-state index is -0.345. The molecule has 1 unspecified atom stereocenters. The van der Waals surface area contributed by atoms with Gasteiger partial charge >= 0.3 is 0 Å². The number of carbonyl (C=O) groups is 1. The van der Waals surface area contributed by atoms with Gasteiger partial charge in [-0.25, -0.2) is 4.39 Å². The van der Waals surface area contributed by atoms with E-state index in [1.165, 1.54) is 23.9 Å². The highest BCUT2D eigenvalue weighted by Gasteiger charge is 2.18. The van der Waals surface area contributed by atoms with Crippen LogP contribution in [-0.2, 0) is 11.3 Å². The van der Waals surface area contributed by atoms with E-state index in [-0.39, 0.29) is 17.0 Å². The molecule has 2 aromatic carbocycles. The zero-order valence-corrected chi connectivity index (χ0v) is 15.3. The summed E-state index contributed by atoms with van der Waals surface area (Å²) >= 11 is 1.34. The highest BCUT2D eigenvalue weighted by molar-refractivity contribution is 8.00. The zero-order chi connectivity index (χ0) is 18.5. The molecule has 0 spiro atoms. The van der Waals surface area contributed by atoms with Gasteiger partial charge in [-0.3, -0.25) is 9.36 Å². The quantitative estimate of drug-likeness (QED) is 0.675. The first-order chi connectivity index (χ1) is 12.5. The Morgan fingerprint density at radius 3 is 2.69 bits per heavy atom. The van der Waals surface area contributed by atoms with Crippen molar-refractivity contribution in [2.45, 2.75) is 30.8 Å². The summed E-state index contributed by atoms with van der Waals surface area (Å²) in [5, 5.41) is 11.3. The molecule has 7 heteroatoms. The molecule has 1 atom stereocenters. The van der Waals surface area contributed by atoms with E-state index in [9.17, 15) is 9.18 Å². The van der Waals surface area contributed by atoms with Crippen molar-refractivity contribution in [3.63, 3.8) is 0 Å². The van der Waals surface area contributed by atoms with Gasteiger partial charge < -0.3 is 5.32 Å². The lowest BCUT2D eigenvalue weighted by Gasteiger charge is -2.13. The number of halogens is 1. The molecule has 0 saturated carbocycles. The summed E-state index contributed by atoms with van der Waals surface area (Å²) in [6.07, 6.45) is 1.65. The smallest absolute Gasteiger partial charge is 0.233 e. The summed E-state index contributed by atoms with van der Waals surface area (Å²) in [7, 11) is 0. The maximum atomic E-state index is 12.9. The van der Waals surface area contributed by atoms with Crippen LogP contribution in [0.4, 0.5) is 4.39 Å². The van der Waals surface area contributed by atoms with Crippen molar-refractivity contribution in [1.29, 1.82) is 0 Å². The van der Waals surface area contributed by atoms with Gasteiger partial charge in [0.25, 0.3) is 0 Å². The minimum absolute atomic E-state index is 0.112. The summed E-state index contributed by atoms with van der Waals surface area (Å²) in [6, 6.07) is 14.0. The molecule has 0 fully saturated rings. The third-order valence-corrected chi connectivity index (χ3v) is 4.98. The second kappa shape index (κ2) is 8.14. The van der Waals surface area contributed by atoms with Crippen LogP contribution in [0.25, 0.3) is 5.69 Å². The molecular formula is C19H19FN4OS. The van der Waals surface area contributed by atoms with Gasteiger partial charge in [-0.2, -0.15) is 0 Å². The molecule has 5 nitrogen and oxygen atoms in total. The maximum Gasteiger partial charge on any atom is 0.233 e. The first kappa shape index (κ1) is 18.1. The minimum Gasteiger partial charge on any atom is -0.351 e. The lowest BCUT2D eigenvalue weighted by Crippen LogP contribution is -2.30. The number of hydrogen-bond acceptors (Lipinski definition) is 4. The molecule has 134 valence electrons. The Kier molecular flexibility index (Phi) is 5.68. The Morgan fingerprint density at radius 2 is 1.96 bits per heavy atom.